The molecule has 0 aliphatic carbocycles. The third-order valence-corrected chi connectivity index (χ3v) is 4.49. The highest BCUT2D eigenvalue weighted by Crippen LogP contribution is 2.12. The van der Waals surface area contributed by atoms with Gasteiger partial charge in [0.25, 0.3) is 10.0 Å². The van der Waals surface area contributed by atoms with Gasteiger partial charge in [-0.05, 0) is 32.2 Å². The highest BCUT2D eigenvalue weighted by atomic mass is 32.2. The van der Waals surface area contributed by atoms with E-state index in [0.29, 0.717) is 18.9 Å². The maximum atomic E-state index is 12.1. The van der Waals surface area contributed by atoms with Crippen molar-refractivity contribution in [1.29, 1.82) is 0 Å². The molecule has 1 heterocycles. The molecule has 0 bridgehead atoms. The molecular formula is C12H24N4O2S. The third kappa shape index (κ3) is 4.59. The van der Waals surface area contributed by atoms with Crippen molar-refractivity contribution < 1.29 is 8.42 Å². The monoisotopic (exact) mass is 288 g/mol. The predicted octanol–water partition coefficient (Wildman–Crippen LogP) is 0.772. The molecule has 110 valence electrons. The van der Waals surface area contributed by atoms with Crippen molar-refractivity contribution >= 4 is 10.0 Å². The molecule has 3 N–H and O–H groups in total. The summed E-state index contributed by atoms with van der Waals surface area (Å²) in [5.74, 6) is 0.960. The van der Waals surface area contributed by atoms with Gasteiger partial charge in [0, 0.05) is 19.8 Å². The Morgan fingerprint density at radius 2 is 2.16 bits per heavy atom. The second-order valence-electron chi connectivity index (χ2n) is 4.82. The second-order valence-corrected chi connectivity index (χ2v) is 6.54. The van der Waals surface area contributed by atoms with Crippen molar-refractivity contribution in [2.24, 2.45) is 18.7 Å². The van der Waals surface area contributed by atoms with Crippen LogP contribution in [0.2, 0.25) is 0 Å². The summed E-state index contributed by atoms with van der Waals surface area (Å²) in [6.07, 6.45) is 4.35. The van der Waals surface area contributed by atoms with Gasteiger partial charge in [-0.15, -0.1) is 0 Å². The summed E-state index contributed by atoms with van der Waals surface area (Å²) in [6.45, 7) is 4.85. The van der Waals surface area contributed by atoms with Gasteiger partial charge in [-0.3, -0.25) is 0 Å². The molecule has 0 spiro atoms. The van der Waals surface area contributed by atoms with Crippen molar-refractivity contribution in [2.45, 2.75) is 38.1 Å². The third-order valence-electron chi connectivity index (χ3n) is 3.20. The Hall–Kier alpha value is -0.920. The average Bonchev–Trinajstić information content (AvgIpc) is 2.68. The minimum atomic E-state index is -3.52. The Balaban J connectivity index is 2.68. The van der Waals surface area contributed by atoms with Crippen LogP contribution in [0, 0.1) is 12.8 Å². The van der Waals surface area contributed by atoms with Crippen LogP contribution in [0.5, 0.6) is 0 Å². The first-order valence-corrected chi connectivity index (χ1v) is 8.08. The lowest BCUT2D eigenvalue weighted by molar-refractivity contribution is 0.443. The van der Waals surface area contributed by atoms with E-state index in [4.69, 9.17) is 5.73 Å². The molecule has 1 atom stereocenters. The van der Waals surface area contributed by atoms with Gasteiger partial charge in [0.1, 0.15) is 5.82 Å². The lowest BCUT2D eigenvalue weighted by Crippen LogP contribution is -2.30. The van der Waals surface area contributed by atoms with E-state index in [0.717, 1.165) is 19.3 Å². The van der Waals surface area contributed by atoms with Crippen molar-refractivity contribution in [3.63, 3.8) is 0 Å². The number of sulfonamides is 1. The van der Waals surface area contributed by atoms with Gasteiger partial charge < -0.3 is 10.3 Å². The zero-order valence-corrected chi connectivity index (χ0v) is 12.7. The van der Waals surface area contributed by atoms with Gasteiger partial charge in [-0.2, -0.15) is 0 Å². The molecule has 19 heavy (non-hydrogen) atoms. The summed E-state index contributed by atoms with van der Waals surface area (Å²) in [7, 11) is -1.74. The fourth-order valence-corrected chi connectivity index (χ4v) is 3.10. The molecule has 1 unspecified atom stereocenters. The van der Waals surface area contributed by atoms with E-state index in [1.807, 2.05) is 0 Å². The highest BCUT2D eigenvalue weighted by Gasteiger charge is 2.19. The van der Waals surface area contributed by atoms with Crippen LogP contribution in [0.1, 0.15) is 32.0 Å². The molecule has 0 aliphatic rings. The molecule has 6 nitrogen and oxygen atoms in total. The number of nitrogens with two attached hydrogens (primary N) is 1. The smallest absolute Gasteiger partial charge is 0.259 e. The molecule has 1 aromatic rings. The second kappa shape index (κ2) is 7.02. The first-order valence-electron chi connectivity index (χ1n) is 6.60. The molecule has 0 saturated carbocycles. The maximum Gasteiger partial charge on any atom is 0.259 e. The standard InChI is InChI=1S/C12H24N4O2S/c1-4-5-11(6-7-13)8-14-19(17,18)12-9-16(3)10(2)15-12/h9,11,14H,4-8,13H2,1-3H3. The lowest BCUT2D eigenvalue weighted by atomic mass is 10.0. The number of rotatable bonds is 8. The number of hydrogen-bond donors (Lipinski definition) is 2. The molecule has 0 radical (unpaired) electrons. The van der Waals surface area contributed by atoms with Crippen LogP contribution < -0.4 is 10.5 Å². The van der Waals surface area contributed by atoms with Crippen LogP contribution >= 0.6 is 0 Å². The minimum absolute atomic E-state index is 0.0792. The van der Waals surface area contributed by atoms with Gasteiger partial charge in [0.15, 0.2) is 5.03 Å². The first-order chi connectivity index (χ1) is 8.90. The largest absolute Gasteiger partial charge is 0.337 e. The molecule has 0 fully saturated rings. The van der Waals surface area contributed by atoms with Crippen LogP contribution in [-0.4, -0.2) is 31.1 Å². The number of aryl methyl sites for hydroxylation is 2. The lowest BCUT2D eigenvalue weighted by Gasteiger charge is -2.15. The fraction of sp³-hybridized carbons (Fsp3) is 0.750. The van der Waals surface area contributed by atoms with Crippen molar-refractivity contribution in [3.8, 4) is 0 Å². The van der Waals surface area contributed by atoms with Gasteiger partial charge in [0.2, 0.25) is 0 Å². The molecule has 0 saturated heterocycles. The Morgan fingerprint density at radius 3 is 2.63 bits per heavy atom. The Labute approximate surface area is 115 Å². The van der Waals surface area contributed by atoms with E-state index in [9.17, 15) is 8.42 Å². The topological polar surface area (TPSA) is 90.0 Å². The van der Waals surface area contributed by atoms with Crippen molar-refractivity contribution in [3.05, 3.63) is 12.0 Å². The van der Waals surface area contributed by atoms with E-state index in [1.165, 1.54) is 6.20 Å². The zero-order valence-electron chi connectivity index (χ0n) is 11.9. The SMILES string of the molecule is CCCC(CCN)CNS(=O)(=O)c1cn(C)c(C)n1. The average molecular weight is 288 g/mol. The Bertz CT molecular complexity index is 470. The Kier molecular flexibility index (Phi) is 5.96. The molecule has 0 aliphatic heterocycles. The van der Waals surface area contributed by atoms with E-state index in [1.54, 1.807) is 18.5 Å². The minimum Gasteiger partial charge on any atom is -0.337 e. The van der Waals surface area contributed by atoms with Gasteiger partial charge in [0.05, 0.1) is 0 Å². The van der Waals surface area contributed by atoms with Crippen LogP contribution in [0.25, 0.3) is 0 Å². The molecule has 1 rings (SSSR count). The van der Waals surface area contributed by atoms with E-state index in [2.05, 4.69) is 16.6 Å². The summed E-state index contributed by atoms with van der Waals surface area (Å²) < 4.78 is 28.5. The number of nitrogens with zero attached hydrogens (tertiary/aromatic N) is 2. The van der Waals surface area contributed by atoms with E-state index < -0.39 is 10.0 Å². The normalized spacial score (nSPS) is 13.7. The van der Waals surface area contributed by atoms with Crippen LogP contribution in [0.3, 0.4) is 0 Å². The molecule has 1 aromatic heterocycles. The van der Waals surface area contributed by atoms with Crippen LogP contribution in [0.15, 0.2) is 11.2 Å². The fourth-order valence-electron chi connectivity index (χ4n) is 1.95. The molecule has 0 amide bonds. The summed E-state index contributed by atoms with van der Waals surface area (Å²) >= 11 is 0. The van der Waals surface area contributed by atoms with Crippen LogP contribution in [0.4, 0.5) is 0 Å². The highest BCUT2D eigenvalue weighted by molar-refractivity contribution is 7.89. The number of imidazole rings is 1. The molecular weight excluding hydrogens is 264 g/mol. The van der Waals surface area contributed by atoms with Crippen LogP contribution in [-0.2, 0) is 17.1 Å². The summed E-state index contributed by atoms with van der Waals surface area (Å²) in [4.78, 5) is 4.04. The Morgan fingerprint density at radius 1 is 1.47 bits per heavy atom. The predicted molar refractivity (Wildman–Crippen MR) is 75.2 cm³/mol. The summed E-state index contributed by atoms with van der Waals surface area (Å²) in [5.41, 5.74) is 5.54. The first kappa shape index (κ1) is 16.1. The number of aromatic nitrogens is 2. The van der Waals surface area contributed by atoms with Gasteiger partial charge in [-0.1, -0.05) is 13.3 Å². The quantitative estimate of drug-likeness (QED) is 0.739. The zero-order chi connectivity index (χ0) is 14.5. The summed E-state index contributed by atoms with van der Waals surface area (Å²) in [5, 5.41) is 0.0792. The van der Waals surface area contributed by atoms with E-state index in [-0.39, 0.29) is 10.9 Å². The summed E-state index contributed by atoms with van der Waals surface area (Å²) in [6, 6.07) is 0. The molecule has 0 aromatic carbocycles. The maximum absolute atomic E-state index is 12.1. The van der Waals surface area contributed by atoms with Crippen molar-refractivity contribution in [2.75, 3.05) is 13.1 Å². The molecule has 7 heteroatoms. The van der Waals surface area contributed by atoms with Gasteiger partial charge >= 0.3 is 0 Å². The number of nitrogens with one attached hydrogen (secondary N) is 1. The van der Waals surface area contributed by atoms with Crippen molar-refractivity contribution in [1.82, 2.24) is 14.3 Å². The van der Waals surface area contributed by atoms with E-state index >= 15 is 0 Å². The van der Waals surface area contributed by atoms with Gasteiger partial charge in [-0.25, -0.2) is 18.1 Å². The number of hydrogen-bond acceptors (Lipinski definition) is 4.